The van der Waals surface area contributed by atoms with Gasteiger partial charge in [0.15, 0.2) is 5.96 Å². The van der Waals surface area contributed by atoms with Gasteiger partial charge in [0.25, 0.3) is 0 Å². The minimum Gasteiger partial charge on any atom is -0.379 e. The Labute approximate surface area is 179 Å². The Morgan fingerprint density at radius 2 is 2.00 bits per heavy atom. The summed E-state index contributed by atoms with van der Waals surface area (Å²) in [5, 5.41) is 6.78. The summed E-state index contributed by atoms with van der Waals surface area (Å²) in [5.74, 6) is 2.88. The van der Waals surface area contributed by atoms with Gasteiger partial charge in [0.2, 0.25) is 0 Å². The molecule has 0 radical (unpaired) electrons. The van der Waals surface area contributed by atoms with Crippen molar-refractivity contribution < 1.29 is 4.74 Å². The number of nitrogens with one attached hydrogen (secondary N) is 2. The summed E-state index contributed by atoms with van der Waals surface area (Å²) < 4.78 is 5.44. The normalized spacial score (nSPS) is 15.2. The van der Waals surface area contributed by atoms with Crippen molar-refractivity contribution in [2.75, 3.05) is 51.4 Å². The maximum atomic E-state index is 5.44. The van der Waals surface area contributed by atoms with Gasteiger partial charge in [-0.15, -0.1) is 30.6 Å². The van der Waals surface area contributed by atoms with Crippen LogP contribution in [0.5, 0.6) is 0 Å². The Balaban J connectivity index is 0.00000338. The fourth-order valence-corrected chi connectivity index (χ4v) is 3.27. The molecule has 1 aliphatic rings. The van der Waals surface area contributed by atoms with Gasteiger partial charge in [-0.25, -0.2) is 0 Å². The number of ether oxygens (including phenoxy) is 1. The van der Waals surface area contributed by atoms with Gasteiger partial charge in [0, 0.05) is 51.3 Å². The van der Waals surface area contributed by atoms with E-state index in [4.69, 9.17) is 4.74 Å². The summed E-state index contributed by atoms with van der Waals surface area (Å²) in [5.41, 5.74) is 2.69. The molecule has 0 aliphatic carbocycles. The van der Waals surface area contributed by atoms with Gasteiger partial charge < -0.3 is 15.4 Å². The van der Waals surface area contributed by atoms with E-state index in [9.17, 15) is 0 Å². The summed E-state index contributed by atoms with van der Waals surface area (Å²) in [7, 11) is 1.81. The Bertz CT molecular complexity index is 550. The van der Waals surface area contributed by atoms with E-state index < -0.39 is 0 Å². The number of hydrogen-bond acceptors (Lipinski definition) is 4. The largest absolute Gasteiger partial charge is 0.379 e. The molecule has 1 aliphatic heterocycles. The first-order valence-electron chi connectivity index (χ1n) is 8.83. The minimum absolute atomic E-state index is 0. The fraction of sp³-hybridized carbons (Fsp3) is 0.526. The molecular weight excluding hydrogens is 459 g/mol. The second kappa shape index (κ2) is 14.3. The highest BCUT2D eigenvalue weighted by molar-refractivity contribution is 14.0. The van der Waals surface area contributed by atoms with Gasteiger partial charge in [-0.3, -0.25) is 9.89 Å². The molecule has 0 spiro atoms. The van der Waals surface area contributed by atoms with Crippen molar-refractivity contribution in [2.45, 2.75) is 13.1 Å². The molecule has 1 saturated heterocycles. The maximum absolute atomic E-state index is 5.44. The molecule has 0 unspecified atom stereocenters. The van der Waals surface area contributed by atoms with Crippen LogP contribution in [0.25, 0.3) is 0 Å². The van der Waals surface area contributed by atoms with Crippen molar-refractivity contribution >= 4 is 41.7 Å². The summed E-state index contributed by atoms with van der Waals surface area (Å²) in [6.07, 6.45) is 1.93. The minimum atomic E-state index is 0. The average Bonchev–Trinajstić information content (AvgIpc) is 2.66. The molecule has 7 heteroatoms. The van der Waals surface area contributed by atoms with Crippen molar-refractivity contribution in [1.29, 1.82) is 0 Å². The Morgan fingerprint density at radius 1 is 1.27 bits per heavy atom. The standard InChI is InChI=1S/C19H30N4OS.HI/c1-3-13-25-14-8-21-19(20-2)22-15-17-6-4-5-7-18(17)16-23-9-11-24-12-10-23;/h3-7H,1,8-16H2,2H3,(H2,20,21,22);1H. The number of aliphatic imine (C=N–C) groups is 1. The highest BCUT2D eigenvalue weighted by Crippen LogP contribution is 2.13. The lowest BCUT2D eigenvalue weighted by atomic mass is 10.1. The fourth-order valence-electron chi connectivity index (χ4n) is 2.69. The Morgan fingerprint density at radius 3 is 2.69 bits per heavy atom. The maximum Gasteiger partial charge on any atom is 0.191 e. The number of nitrogens with zero attached hydrogens (tertiary/aromatic N) is 2. The van der Waals surface area contributed by atoms with Crippen molar-refractivity contribution in [1.82, 2.24) is 15.5 Å². The third kappa shape index (κ3) is 8.75. The van der Waals surface area contributed by atoms with E-state index in [1.54, 1.807) is 0 Å². The first-order valence-corrected chi connectivity index (χ1v) is 9.99. The smallest absolute Gasteiger partial charge is 0.191 e. The van der Waals surface area contributed by atoms with E-state index in [-0.39, 0.29) is 24.0 Å². The topological polar surface area (TPSA) is 48.9 Å². The van der Waals surface area contributed by atoms with Crippen LogP contribution in [0.1, 0.15) is 11.1 Å². The molecular formula is C19H31IN4OS. The molecule has 1 fully saturated rings. The van der Waals surface area contributed by atoms with Crippen LogP contribution in [0.15, 0.2) is 41.9 Å². The van der Waals surface area contributed by atoms with Crippen LogP contribution in [0.2, 0.25) is 0 Å². The van der Waals surface area contributed by atoms with E-state index in [1.807, 2.05) is 24.9 Å². The SMILES string of the molecule is C=CCSCCNC(=NC)NCc1ccccc1CN1CCOCC1.I. The number of hydrogen-bond donors (Lipinski definition) is 2. The van der Waals surface area contributed by atoms with Crippen LogP contribution in [-0.2, 0) is 17.8 Å². The van der Waals surface area contributed by atoms with Gasteiger partial charge in [0.1, 0.15) is 0 Å². The van der Waals surface area contributed by atoms with E-state index in [0.29, 0.717) is 0 Å². The van der Waals surface area contributed by atoms with Crippen molar-refractivity contribution in [3.05, 3.63) is 48.0 Å². The molecule has 0 aromatic heterocycles. The second-order valence-corrected chi connectivity index (χ2v) is 7.02. The third-order valence-electron chi connectivity index (χ3n) is 4.06. The van der Waals surface area contributed by atoms with Crippen molar-refractivity contribution in [3.8, 4) is 0 Å². The van der Waals surface area contributed by atoms with Crippen LogP contribution >= 0.6 is 35.7 Å². The zero-order valence-corrected chi connectivity index (χ0v) is 18.7. The predicted octanol–water partition coefficient (Wildman–Crippen LogP) is 2.72. The molecule has 2 N–H and O–H groups in total. The van der Waals surface area contributed by atoms with Crippen LogP contribution in [0.4, 0.5) is 0 Å². The molecule has 0 saturated carbocycles. The lowest BCUT2D eigenvalue weighted by Gasteiger charge is -2.27. The summed E-state index contributed by atoms with van der Waals surface area (Å²) in [6.45, 7) is 10.1. The van der Waals surface area contributed by atoms with Crippen molar-refractivity contribution in [2.24, 2.45) is 4.99 Å². The molecule has 2 rings (SSSR count). The van der Waals surface area contributed by atoms with Crippen molar-refractivity contribution in [3.63, 3.8) is 0 Å². The van der Waals surface area contributed by atoms with E-state index in [1.165, 1.54) is 11.1 Å². The Kier molecular flexibility index (Phi) is 12.8. The first-order chi connectivity index (χ1) is 12.3. The molecule has 26 heavy (non-hydrogen) atoms. The molecule has 1 aromatic rings. The molecule has 5 nitrogen and oxygen atoms in total. The van der Waals surface area contributed by atoms with Gasteiger partial charge in [-0.2, -0.15) is 11.8 Å². The summed E-state index contributed by atoms with van der Waals surface area (Å²) >= 11 is 1.86. The van der Waals surface area contributed by atoms with Gasteiger partial charge >= 0.3 is 0 Å². The van der Waals surface area contributed by atoms with Crippen LogP contribution in [0, 0.1) is 0 Å². The van der Waals surface area contributed by atoms with E-state index in [2.05, 4.69) is 51.4 Å². The zero-order chi connectivity index (χ0) is 17.7. The molecule has 0 atom stereocenters. The highest BCUT2D eigenvalue weighted by Gasteiger charge is 2.12. The van der Waals surface area contributed by atoms with Gasteiger partial charge in [-0.05, 0) is 11.1 Å². The average molecular weight is 490 g/mol. The lowest BCUT2D eigenvalue weighted by molar-refractivity contribution is 0.0341. The molecule has 0 amide bonds. The number of guanidine groups is 1. The van der Waals surface area contributed by atoms with E-state index >= 15 is 0 Å². The summed E-state index contributed by atoms with van der Waals surface area (Å²) in [6, 6.07) is 8.62. The molecule has 1 heterocycles. The van der Waals surface area contributed by atoms with Crippen LogP contribution < -0.4 is 10.6 Å². The number of halogens is 1. The summed E-state index contributed by atoms with van der Waals surface area (Å²) in [4.78, 5) is 6.75. The Hall–Kier alpha value is -0.770. The number of benzene rings is 1. The third-order valence-corrected chi connectivity index (χ3v) is 5.02. The predicted molar refractivity (Wildman–Crippen MR) is 124 cm³/mol. The molecule has 0 bridgehead atoms. The van der Waals surface area contributed by atoms with Gasteiger partial charge in [-0.1, -0.05) is 30.3 Å². The lowest BCUT2D eigenvalue weighted by Crippen LogP contribution is -2.38. The monoisotopic (exact) mass is 490 g/mol. The highest BCUT2D eigenvalue weighted by atomic mass is 127. The zero-order valence-electron chi connectivity index (χ0n) is 15.6. The van der Waals surface area contributed by atoms with Gasteiger partial charge in [0.05, 0.1) is 13.2 Å². The number of morpholine rings is 1. The van der Waals surface area contributed by atoms with Crippen LogP contribution in [-0.4, -0.2) is 62.3 Å². The quantitative estimate of drug-likeness (QED) is 0.183. The molecule has 146 valence electrons. The first kappa shape index (κ1) is 23.3. The number of thioether (sulfide) groups is 1. The number of rotatable bonds is 9. The second-order valence-electron chi connectivity index (χ2n) is 5.87. The van der Waals surface area contributed by atoms with Crippen LogP contribution in [0.3, 0.4) is 0 Å². The molecule has 1 aromatic carbocycles. The van der Waals surface area contributed by atoms with E-state index in [0.717, 1.165) is 63.4 Å².